The lowest BCUT2D eigenvalue weighted by Crippen LogP contribution is -2.31. The van der Waals surface area contributed by atoms with E-state index < -0.39 is 23.6 Å². The lowest BCUT2D eigenvalue weighted by atomic mass is 10.0. The zero-order valence-corrected chi connectivity index (χ0v) is 14.9. The Morgan fingerprint density at radius 2 is 1.92 bits per heavy atom. The molecule has 7 nitrogen and oxygen atoms in total. The van der Waals surface area contributed by atoms with Crippen LogP contribution in [0.1, 0.15) is 31.1 Å². The number of hydrogen-bond donors (Lipinski definition) is 3. The van der Waals surface area contributed by atoms with Crippen LogP contribution in [0.2, 0.25) is 0 Å². The molecule has 2 rings (SSSR count). The van der Waals surface area contributed by atoms with E-state index in [9.17, 15) is 19.8 Å². The monoisotopic (exact) mass is 398 g/mol. The number of ether oxygens (including phenoxy) is 1. The highest BCUT2D eigenvalue weighted by Gasteiger charge is 2.29. The first-order valence-electron chi connectivity index (χ1n) is 7.38. The fourth-order valence-corrected chi connectivity index (χ4v) is 2.66. The van der Waals surface area contributed by atoms with Gasteiger partial charge in [-0.3, -0.25) is 0 Å². The van der Waals surface area contributed by atoms with Crippen LogP contribution in [-0.4, -0.2) is 25.7 Å². The number of H-pyrrole nitrogens is 1. The van der Waals surface area contributed by atoms with Crippen molar-refractivity contribution >= 4 is 21.9 Å². The molecule has 3 N–H and O–H groups in total. The number of aliphatic carboxylic acids is 1. The van der Waals surface area contributed by atoms with Gasteiger partial charge in [-0.15, -0.1) is 0 Å². The number of nitrogens with one attached hydrogen (secondary N) is 1. The molecule has 8 heteroatoms. The van der Waals surface area contributed by atoms with Crippen molar-refractivity contribution in [1.29, 1.82) is 0 Å². The largest absolute Gasteiger partial charge is 0.493 e. The van der Waals surface area contributed by atoms with E-state index >= 15 is 0 Å². The second-order valence-corrected chi connectivity index (χ2v) is 6.66. The molecule has 0 aliphatic carbocycles. The number of imidazole rings is 1. The lowest BCUT2D eigenvalue weighted by molar-refractivity contribution is -0.142. The molecule has 130 valence electrons. The van der Waals surface area contributed by atoms with Crippen LogP contribution < -0.4 is 5.69 Å². The average molecular weight is 399 g/mol. The summed E-state index contributed by atoms with van der Waals surface area (Å²) in [5.74, 6) is -1.95. The van der Waals surface area contributed by atoms with Crippen molar-refractivity contribution in [2.24, 2.45) is 5.92 Å². The summed E-state index contributed by atoms with van der Waals surface area (Å²) in [6.07, 6.45) is 0. The van der Waals surface area contributed by atoms with Crippen molar-refractivity contribution in [2.45, 2.75) is 33.1 Å². The van der Waals surface area contributed by atoms with Crippen molar-refractivity contribution in [1.82, 2.24) is 9.55 Å². The summed E-state index contributed by atoms with van der Waals surface area (Å²) in [6, 6.07) is 6.39. The molecule has 24 heavy (non-hydrogen) atoms. The van der Waals surface area contributed by atoms with Crippen LogP contribution >= 0.6 is 15.9 Å². The van der Waals surface area contributed by atoms with E-state index in [1.165, 1.54) is 0 Å². The van der Waals surface area contributed by atoms with E-state index in [4.69, 9.17) is 4.74 Å². The summed E-state index contributed by atoms with van der Waals surface area (Å²) in [5.41, 5.74) is 0.421. The molecule has 1 heterocycles. The van der Waals surface area contributed by atoms with Gasteiger partial charge in [0.05, 0.1) is 13.2 Å². The van der Waals surface area contributed by atoms with Gasteiger partial charge in [-0.05, 0) is 23.6 Å². The molecule has 0 saturated heterocycles. The second kappa shape index (κ2) is 7.67. The summed E-state index contributed by atoms with van der Waals surface area (Å²) in [7, 11) is 0. The van der Waals surface area contributed by atoms with Gasteiger partial charge in [0.25, 0.3) is 0 Å². The summed E-state index contributed by atoms with van der Waals surface area (Å²) < 4.78 is 7.30. The van der Waals surface area contributed by atoms with Gasteiger partial charge in [0.15, 0.2) is 0 Å². The van der Waals surface area contributed by atoms with Gasteiger partial charge in [0.1, 0.15) is 11.7 Å². The Labute approximate surface area is 147 Å². The molecule has 0 aliphatic heterocycles. The van der Waals surface area contributed by atoms with Gasteiger partial charge >= 0.3 is 11.7 Å². The molecule has 0 aliphatic rings. The fourth-order valence-electron chi connectivity index (χ4n) is 2.39. The molecule has 0 saturated carbocycles. The standard InChI is InChI=1S/C16H19BrN2O5/c1-9(2)13(15(21)22)19-14(20)12(18-16(19)23)8-24-7-10-3-5-11(17)6-4-10/h3-6,9,13,20H,7-8H2,1-2H3,(H,18,23)(H,21,22)/t13-/m1/s1. The summed E-state index contributed by atoms with van der Waals surface area (Å²) in [6.45, 7) is 3.60. The molecular formula is C16H19BrN2O5. The third-order valence-corrected chi connectivity index (χ3v) is 4.09. The first kappa shape index (κ1) is 18.3. The van der Waals surface area contributed by atoms with E-state index in [0.29, 0.717) is 6.61 Å². The number of carbonyl (C=O) groups is 1. The minimum absolute atomic E-state index is 0.0332. The Balaban J connectivity index is 2.12. The van der Waals surface area contributed by atoms with Crippen LogP contribution in [0.25, 0.3) is 0 Å². The van der Waals surface area contributed by atoms with Crippen molar-refractivity contribution < 1.29 is 19.7 Å². The summed E-state index contributed by atoms with van der Waals surface area (Å²) in [4.78, 5) is 25.8. The molecule has 1 aromatic heterocycles. The van der Waals surface area contributed by atoms with E-state index in [2.05, 4.69) is 20.9 Å². The fraction of sp³-hybridized carbons (Fsp3) is 0.375. The first-order chi connectivity index (χ1) is 11.3. The minimum Gasteiger partial charge on any atom is -0.493 e. The van der Waals surface area contributed by atoms with Crippen LogP contribution in [0.3, 0.4) is 0 Å². The summed E-state index contributed by atoms with van der Waals surface area (Å²) >= 11 is 3.34. The van der Waals surface area contributed by atoms with E-state index in [0.717, 1.165) is 14.6 Å². The maximum atomic E-state index is 12.0. The predicted octanol–water partition coefficient (Wildman–Crippen LogP) is 2.64. The molecule has 2 aromatic rings. The molecule has 0 spiro atoms. The molecule has 0 fully saturated rings. The molecule has 0 amide bonds. The van der Waals surface area contributed by atoms with Crippen molar-refractivity contribution in [2.75, 3.05) is 0 Å². The Morgan fingerprint density at radius 1 is 1.29 bits per heavy atom. The van der Waals surface area contributed by atoms with Crippen LogP contribution in [-0.2, 0) is 22.7 Å². The minimum atomic E-state index is -1.18. The highest BCUT2D eigenvalue weighted by molar-refractivity contribution is 9.10. The Morgan fingerprint density at radius 3 is 2.46 bits per heavy atom. The predicted molar refractivity (Wildman–Crippen MR) is 90.9 cm³/mol. The zero-order chi connectivity index (χ0) is 17.9. The number of carboxylic acids is 1. The Bertz CT molecular complexity index is 764. The Kier molecular flexibility index (Phi) is 5.84. The quantitative estimate of drug-likeness (QED) is 0.664. The zero-order valence-electron chi connectivity index (χ0n) is 13.3. The van der Waals surface area contributed by atoms with Crippen LogP contribution in [0, 0.1) is 5.92 Å². The number of aromatic nitrogens is 2. The highest BCUT2D eigenvalue weighted by Crippen LogP contribution is 2.24. The maximum absolute atomic E-state index is 12.0. The van der Waals surface area contributed by atoms with Crippen molar-refractivity contribution in [3.8, 4) is 5.88 Å². The second-order valence-electron chi connectivity index (χ2n) is 5.75. The molecular weight excluding hydrogens is 380 g/mol. The third-order valence-electron chi connectivity index (χ3n) is 3.57. The normalized spacial score (nSPS) is 12.5. The lowest BCUT2D eigenvalue weighted by Gasteiger charge is -2.17. The average Bonchev–Trinajstić information content (AvgIpc) is 2.77. The van der Waals surface area contributed by atoms with E-state index in [-0.39, 0.29) is 18.2 Å². The van der Waals surface area contributed by atoms with Gasteiger partial charge in [0.2, 0.25) is 5.88 Å². The van der Waals surface area contributed by atoms with Crippen LogP contribution in [0.4, 0.5) is 0 Å². The molecule has 0 unspecified atom stereocenters. The van der Waals surface area contributed by atoms with Crippen molar-refractivity contribution in [3.05, 3.63) is 50.5 Å². The van der Waals surface area contributed by atoms with Crippen LogP contribution in [0.15, 0.2) is 33.5 Å². The number of rotatable bonds is 7. The molecule has 1 aromatic carbocycles. The smallest absolute Gasteiger partial charge is 0.329 e. The van der Waals surface area contributed by atoms with E-state index in [1.54, 1.807) is 13.8 Å². The number of carboxylic acid groups (broad SMARTS) is 1. The number of halogens is 1. The van der Waals surface area contributed by atoms with Gasteiger partial charge < -0.3 is 19.9 Å². The van der Waals surface area contributed by atoms with E-state index in [1.807, 2.05) is 24.3 Å². The van der Waals surface area contributed by atoms with Crippen LogP contribution in [0.5, 0.6) is 5.88 Å². The first-order valence-corrected chi connectivity index (χ1v) is 8.18. The Hall–Kier alpha value is -2.06. The van der Waals surface area contributed by atoms with Crippen molar-refractivity contribution in [3.63, 3.8) is 0 Å². The molecule has 0 radical (unpaired) electrons. The number of aromatic amines is 1. The number of hydrogen-bond acceptors (Lipinski definition) is 4. The molecule has 0 bridgehead atoms. The number of benzene rings is 1. The SMILES string of the molecule is CC(C)[C@H](C(=O)O)n1c(O)c(COCc2ccc(Br)cc2)[nH]c1=O. The topological polar surface area (TPSA) is 105 Å². The van der Waals surface area contributed by atoms with Gasteiger partial charge in [-0.1, -0.05) is 41.9 Å². The third kappa shape index (κ3) is 4.07. The summed E-state index contributed by atoms with van der Waals surface area (Å²) in [5, 5.41) is 19.5. The maximum Gasteiger partial charge on any atom is 0.329 e. The van der Waals surface area contributed by atoms with Gasteiger partial charge in [-0.25, -0.2) is 14.2 Å². The highest BCUT2D eigenvalue weighted by atomic mass is 79.9. The number of aromatic hydroxyl groups is 1. The van der Waals surface area contributed by atoms with Gasteiger partial charge in [-0.2, -0.15) is 0 Å². The number of nitrogens with zero attached hydrogens (tertiary/aromatic N) is 1. The molecule has 1 atom stereocenters. The van der Waals surface area contributed by atoms with Gasteiger partial charge in [0, 0.05) is 4.47 Å².